The number of alkyl carbamates (subject to hydrolysis) is 1. The van der Waals surface area contributed by atoms with Crippen molar-refractivity contribution in [2.45, 2.75) is 64.5 Å². The van der Waals surface area contributed by atoms with Gasteiger partial charge in [0.05, 0.1) is 0 Å². The van der Waals surface area contributed by atoms with Crippen LogP contribution in [-0.4, -0.2) is 80.8 Å². The molecule has 2 aromatic carbocycles. The smallest absolute Gasteiger partial charge is 0.407 e. The Bertz CT molecular complexity index is 1700. The van der Waals surface area contributed by atoms with Gasteiger partial charge in [-0.2, -0.15) is 5.21 Å². The number of hydrogen-bond donors (Lipinski definition) is 3. The number of ether oxygens (including phenoxy) is 1. The number of anilines is 2. The van der Waals surface area contributed by atoms with Crippen molar-refractivity contribution in [3.63, 3.8) is 0 Å². The molecule has 0 bridgehead atoms. The quantitative estimate of drug-likeness (QED) is 0.210. The molecule has 0 aliphatic heterocycles. The minimum Gasteiger partial charge on any atom is -0.444 e. The largest absolute Gasteiger partial charge is 0.444 e. The van der Waals surface area contributed by atoms with Crippen LogP contribution in [0.15, 0.2) is 60.9 Å². The van der Waals surface area contributed by atoms with E-state index in [-0.39, 0.29) is 24.2 Å². The number of carbonyl (C=O) groups excluding carboxylic acids is 3. The summed E-state index contributed by atoms with van der Waals surface area (Å²) in [5, 5.41) is 17.0. The molecule has 3 amide bonds. The fourth-order valence-corrected chi connectivity index (χ4v) is 5.94. The summed E-state index contributed by atoms with van der Waals surface area (Å²) in [5.74, 6) is 0.159. The predicted molar refractivity (Wildman–Crippen MR) is 185 cm³/mol. The summed E-state index contributed by atoms with van der Waals surface area (Å²) in [6.45, 7) is 5.94. The Morgan fingerprint density at radius 1 is 0.939 bits per heavy atom. The Labute approximate surface area is 285 Å². The van der Waals surface area contributed by atoms with Gasteiger partial charge in [-0.05, 0) is 93.0 Å². The Kier molecular flexibility index (Phi) is 10.8. The van der Waals surface area contributed by atoms with Crippen LogP contribution in [0.5, 0.6) is 0 Å². The summed E-state index contributed by atoms with van der Waals surface area (Å²) in [6.07, 6.45) is 6.04. The molecule has 14 heteroatoms. The molecular weight excluding hydrogens is 624 g/mol. The third-order valence-corrected chi connectivity index (χ3v) is 8.51. The normalized spacial score (nSPS) is 16.8. The third kappa shape index (κ3) is 9.15. The first-order chi connectivity index (χ1) is 23.4. The fourth-order valence-electron chi connectivity index (χ4n) is 5.94. The highest BCUT2D eigenvalue weighted by Gasteiger charge is 2.36. The second kappa shape index (κ2) is 15.2. The molecular formula is C35H44N10O4. The average Bonchev–Trinajstić information content (AvgIpc) is 3.62. The van der Waals surface area contributed by atoms with E-state index in [1.807, 2.05) is 64.0 Å². The molecule has 2 heterocycles. The van der Waals surface area contributed by atoms with E-state index in [9.17, 15) is 14.4 Å². The third-order valence-electron chi connectivity index (χ3n) is 8.51. The minimum absolute atomic E-state index is 0.163. The topological polar surface area (TPSA) is 185 Å². The maximum absolute atomic E-state index is 14.4. The Morgan fingerprint density at radius 2 is 1.57 bits per heavy atom. The van der Waals surface area contributed by atoms with Gasteiger partial charge < -0.3 is 20.7 Å². The number of aromatic amines is 1. The summed E-state index contributed by atoms with van der Waals surface area (Å²) < 4.78 is 5.36. The number of benzene rings is 2. The monoisotopic (exact) mass is 668 g/mol. The second-order valence-corrected chi connectivity index (χ2v) is 13.6. The lowest BCUT2D eigenvalue weighted by atomic mass is 9.81. The molecule has 258 valence electrons. The summed E-state index contributed by atoms with van der Waals surface area (Å²) >= 11 is 0. The van der Waals surface area contributed by atoms with Crippen LogP contribution in [-0.2, 0) is 20.7 Å². The van der Waals surface area contributed by atoms with Gasteiger partial charge in [-0.15, -0.1) is 10.2 Å². The molecule has 1 saturated carbocycles. The van der Waals surface area contributed by atoms with E-state index in [0.717, 1.165) is 29.5 Å². The van der Waals surface area contributed by atoms with Crippen molar-refractivity contribution in [1.29, 1.82) is 0 Å². The van der Waals surface area contributed by atoms with Gasteiger partial charge in [0.25, 0.3) is 0 Å². The molecule has 1 fully saturated rings. The lowest BCUT2D eigenvalue weighted by Gasteiger charge is -2.36. The van der Waals surface area contributed by atoms with Crippen LogP contribution in [0.25, 0.3) is 22.5 Å². The number of amides is 3. The zero-order valence-electron chi connectivity index (χ0n) is 28.6. The highest BCUT2D eigenvalue weighted by Crippen LogP contribution is 2.33. The van der Waals surface area contributed by atoms with Gasteiger partial charge >= 0.3 is 6.09 Å². The zero-order chi connectivity index (χ0) is 35.1. The number of carbonyl (C=O) groups is 3. The van der Waals surface area contributed by atoms with Crippen molar-refractivity contribution in [1.82, 2.24) is 35.9 Å². The highest BCUT2D eigenvalue weighted by molar-refractivity contribution is 6.01. The zero-order valence-corrected chi connectivity index (χ0v) is 28.6. The van der Waals surface area contributed by atoms with Crippen LogP contribution in [0.1, 0.15) is 52.0 Å². The summed E-state index contributed by atoms with van der Waals surface area (Å²) in [6, 6.07) is 13.9. The highest BCUT2D eigenvalue weighted by atomic mass is 16.6. The molecule has 1 aliphatic rings. The number of primary amides is 1. The van der Waals surface area contributed by atoms with E-state index >= 15 is 0 Å². The molecule has 0 unspecified atom stereocenters. The molecule has 0 saturated heterocycles. The predicted octanol–water partition coefficient (Wildman–Crippen LogP) is 4.15. The van der Waals surface area contributed by atoms with Crippen LogP contribution < -0.4 is 20.9 Å². The molecule has 4 N–H and O–H groups in total. The van der Waals surface area contributed by atoms with Gasteiger partial charge in [-0.1, -0.05) is 24.3 Å². The molecule has 2 aromatic heterocycles. The molecule has 14 nitrogen and oxygen atoms in total. The molecule has 4 aromatic rings. The van der Waals surface area contributed by atoms with E-state index in [4.69, 9.17) is 10.5 Å². The van der Waals surface area contributed by atoms with Crippen LogP contribution in [0.4, 0.5) is 16.4 Å². The van der Waals surface area contributed by atoms with E-state index in [1.165, 1.54) is 0 Å². The lowest BCUT2D eigenvalue weighted by Crippen LogP contribution is -2.52. The number of nitrogens with zero attached hydrogens (tertiary/aromatic N) is 7. The maximum Gasteiger partial charge on any atom is 0.407 e. The van der Waals surface area contributed by atoms with Gasteiger partial charge in [-0.25, -0.2) is 14.8 Å². The SMILES string of the molecule is CN(C)c1ncc(-c2ccc(C[C@@H](C(N)=O)N(C(=O)C3CCC(CNC(=O)OC(C)(C)C)CC3)c3ccc(-c4nn[nH]n4)cc3)cc2)cn1. The Balaban J connectivity index is 1.34. The van der Waals surface area contributed by atoms with Gasteiger partial charge in [0, 0.05) is 62.2 Å². The Morgan fingerprint density at radius 3 is 2.12 bits per heavy atom. The van der Waals surface area contributed by atoms with Crippen LogP contribution in [0, 0.1) is 11.8 Å². The fraction of sp³-hybridized carbons (Fsp3) is 0.429. The van der Waals surface area contributed by atoms with Crippen molar-refractivity contribution >= 4 is 29.5 Å². The number of nitrogens with one attached hydrogen (secondary N) is 2. The molecule has 5 rings (SSSR count). The average molecular weight is 669 g/mol. The van der Waals surface area contributed by atoms with Crippen molar-refractivity contribution in [2.24, 2.45) is 17.6 Å². The molecule has 0 spiro atoms. The first-order valence-electron chi connectivity index (χ1n) is 16.4. The van der Waals surface area contributed by atoms with E-state index < -0.39 is 23.6 Å². The first kappa shape index (κ1) is 34.9. The molecule has 1 atom stereocenters. The van der Waals surface area contributed by atoms with Gasteiger partial charge in [0.2, 0.25) is 23.6 Å². The molecule has 0 radical (unpaired) electrons. The first-order valence-corrected chi connectivity index (χ1v) is 16.4. The van der Waals surface area contributed by atoms with E-state index in [1.54, 1.807) is 41.6 Å². The summed E-state index contributed by atoms with van der Waals surface area (Å²) in [7, 11) is 3.76. The molecule has 49 heavy (non-hydrogen) atoms. The van der Waals surface area contributed by atoms with E-state index in [0.29, 0.717) is 42.4 Å². The number of hydrogen-bond acceptors (Lipinski definition) is 10. The van der Waals surface area contributed by atoms with Crippen molar-refractivity contribution in [3.05, 3.63) is 66.5 Å². The number of aromatic nitrogens is 6. The second-order valence-electron chi connectivity index (χ2n) is 13.6. The lowest BCUT2D eigenvalue weighted by molar-refractivity contribution is -0.127. The van der Waals surface area contributed by atoms with Crippen molar-refractivity contribution < 1.29 is 19.1 Å². The summed E-state index contributed by atoms with van der Waals surface area (Å²) in [4.78, 5) is 51.9. The number of nitrogens with two attached hydrogens (primary N) is 1. The van der Waals surface area contributed by atoms with Gasteiger partial charge in [0.1, 0.15) is 11.6 Å². The summed E-state index contributed by atoms with van der Waals surface area (Å²) in [5.41, 5.74) is 9.36. The van der Waals surface area contributed by atoms with Gasteiger partial charge in [0.15, 0.2) is 0 Å². The number of H-pyrrole nitrogens is 1. The molecule has 1 aliphatic carbocycles. The van der Waals surface area contributed by atoms with Crippen LogP contribution in [0.3, 0.4) is 0 Å². The number of rotatable bonds is 11. The van der Waals surface area contributed by atoms with Gasteiger partial charge in [-0.3, -0.25) is 14.5 Å². The van der Waals surface area contributed by atoms with Crippen molar-refractivity contribution in [3.8, 4) is 22.5 Å². The maximum atomic E-state index is 14.4. The van der Waals surface area contributed by atoms with Crippen LogP contribution >= 0.6 is 0 Å². The minimum atomic E-state index is -0.941. The van der Waals surface area contributed by atoms with Crippen LogP contribution in [0.2, 0.25) is 0 Å². The standard InChI is InChI=1S/C35H44N10O4/c1-35(2,3)49-34(48)39-19-23-8-12-26(13-9-23)32(47)45(28-16-14-25(15-17-28)31-40-42-43-41-31)29(30(36)46)18-22-6-10-24(11-7-22)27-20-37-33(38-21-27)44(4)5/h6-7,10-11,14-17,20-21,23,26,29H,8-9,12-13,18-19H2,1-5H3,(H2,36,46)(H,39,48)(H,40,41,42,43)/t23?,26?,29-/m0/s1. The van der Waals surface area contributed by atoms with E-state index in [2.05, 4.69) is 35.9 Å². The number of tetrazole rings is 1. The Hall–Kier alpha value is -5.40. The van der Waals surface area contributed by atoms with Crippen molar-refractivity contribution in [2.75, 3.05) is 30.4 Å².